The van der Waals surface area contributed by atoms with Crippen LogP contribution >= 0.6 is 0 Å². The lowest BCUT2D eigenvalue weighted by Crippen LogP contribution is -2.56. The highest BCUT2D eigenvalue weighted by atomic mass is 28.5. The summed E-state index contributed by atoms with van der Waals surface area (Å²) in [6, 6.07) is 0.907. The molecule has 0 bridgehead atoms. The molecule has 0 aliphatic rings. The topological polar surface area (TPSA) is 54.0 Å². The second-order valence-electron chi connectivity index (χ2n) is 8.86. The molecule has 9 heteroatoms. The summed E-state index contributed by atoms with van der Waals surface area (Å²) in [6.07, 6.45) is 1.79. The summed E-state index contributed by atoms with van der Waals surface area (Å²) in [5.41, 5.74) is 0. The zero-order valence-electron chi connectivity index (χ0n) is 17.4. The lowest BCUT2D eigenvalue weighted by atomic mass is 10.4. The maximum Gasteiger partial charge on any atom is 0.315 e. The highest BCUT2D eigenvalue weighted by molar-refractivity contribution is 6.89. The number of carbonyl (C=O) groups is 1. The largest absolute Gasteiger partial charge is 0.466 e. The minimum Gasteiger partial charge on any atom is -0.466 e. The van der Waals surface area contributed by atoms with Crippen LogP contribution in [0.25, 0.3) is 0 Å². The molecule has 0 aromatic rings. The molecule has 1 atom stereocenters. The van der Waals surface area contributed by atoms with E-state index in [2.05, 4.69) is 58.9 Å². The van der Waals surface area contributed by atoms with Crippen molar-refractivity contribution in [2.24, 2.45) is 0 Å². The fraction of sp³-hybridized carbons (Fsp3) is 0.933. The second-order valence-corrected chi connectivity index (χ2v) is 25.3. The van der Waals surface area contributed by atoms with Gasteiger partial charge in [0.25, 0.3) is 0 Å². The van der Waals surface area contributed by atoms with Crippen LogP contribution in [0.2, 0.25) is 65.0 Å². The van der Waals surface area contributed by atoms with Crippen molar-refractivity contribution < 1.29 is 21.9 Å². The van der Waals surface area contributed by atoms with Gasteiger partial charge in [0.15, 0.2) is 16.6 Å². The first-order chi connectivity index (χ1) is 10.5. The molecule has 0 rings (SSSR count). The van der Waals surface area contributed by atoms with E-state index in [1.54, 1.807) is 0 Å². The Hall–Kier alpha value is 0.218. The van der Waals surface area contributed by atoms with Gasteiger partial charge in [-0.1, -0.05) is 0 Å². The van der Waals surface area contributed by atoms with Gasteiger partial charge in [-0.2, -0.15) is 0 Å². The maximum atomic E-state index is 10.8. The fourth-order valence-electron chi connectivity index (χ4n) is 2.81. The van der Waals surface area contributed by atoms with E-state index < -0.39 is 33.8 Å². The molecule has 0 heterocycles. The Balaban J connectivity index is 4.85. The third-order valence-corrected chi connectivity index (χ3v) is 16.4. The lowest BCUT2D eigenvalue weighted by Gasteiger charge is -2.41. The summed E-state index contributed by atoms with van der Waals surface area (Å²) in [5, 5.41) is 0. The van der Waals surface area contributed by atoms with Crippen molar-refractivity contribution in [1.29, 1.82) is 0 Å². The molecular weight excluding hydrogens is 373 g/mol. The Morgan fingerprint density at radius 2 is 1.25 bits per heavy atom. The zero-order chi connectivity index (χ0) is 19.2. The number of unbranched alkanes of at least 4 members (excludes halogenated alkanes) is 1. The molecule has 0 aliphatic heterocycles. The molecule has 0 saturated carbocycles. The minimum atomic E-state index is -2.32. The molecule has 0 amide bonds. The van der Waals surface area contributed by atoms with Crippen LogP contribution in [0.4, 0.5) is 0 Å². The van der Waals surface area contributed by atoms with Gasteiger partial charge < -0.3 is 17.1 Å². The van der Waals surface area contributed by atoms with Gasteiger partial charge in [0.2, 0.25) is 0 Å². The van der Waals surface area contributed by atoms with E-state index in [0.29, 0.717) is 6.61 Å². The third kappa shape index (κ3) is 13.5. The highest BCUT2D eigenvalue weighted by Gasteiger charge is 2.44. The average molecular weight is 411 g/mol. The maximum absolute atomic E-state index is 10.8. The first-order valence-electron chi connectivity index (χ1n) is 8.78. The quantitative estimate of drug-likeness (QED) is 0.277. The van der Waals surface area contributed by atoms with Crippen molar-refractivity contribution in [3.63, 3.8) is 0 Å². The van der Waals surface area contributed by atoms with Gasteiger partial charge in [0.05, 0.1) is 6.61 Å². The van der Waals surface area contributed by atoms with Crippen molar-refractivity contribution in [3.8, 4) is 0 Å². The normalized spacial score (nSPS) is 15.9. The van der Waals surface area contributed by atoms with Crippen LogP contribution in [-0.2, 0) is 21.9 Å². The van der Waals surface area contributed by atoms with Crippen molar-refractivity contribution in [1.82, 2.24) is 0 Å². The monoisotopic (exact) mass is 410 g/mol. The van der Waals surface area contributed by atoms with E-state index in [0.717, 1.165) is 18.9 Å². The number of esters is 1. The smallest absolute Gasteiger partial charge is 0.315 e. The van der Waals surface area contributed by atoms with Gasteiger partial charge >= 0.3 is 23.1 Å². The van der Waals surface area contributed by atoms with Gasteiger partial charge in [-0.15, -0.1) is 0 Å². The fourth-order valence-corrected chi connectivity index (χ4v) is 20.8. The van der Waals surface area contributed by atoms with Crippen LogP contribution in [0.3, 0.4) is 0 Å². The Morgan fingerprint density at radius 1 is 0.750 bits per heavy atom. The summed E-state index contributed by atoms with van der Waals surface area (Å²) in [4.78, 5) is 10.8. The van der Waals surface area contributed by atoms with Gasteiger partial charge in [-0.3, -0.25) is 4.79 Å². The molecule has 0 aromatic heterocycles. The summed E-state index contributed by atoms with van der Waals surface area (Å²) < 4.78 is 24.5. The van der Waals surface area contributed by atoms with E-state index in [-0.39, 0.29) is 5.97 Å². The number of rotatable bonds is 11. The molecule has 144 valence electrons. The standard InChI is InChI=1S/C15H38O5Si4/c1-15(16)17-13-11-12-14-24(10,19-22(5,6)7)20-23(8,9)18-21(2,3)4/h11-14H2,1-10H3. The number of carbonyl (C=O) groups excluding carboxylic acids is 1. The highest BCUT2D eigenvalue weighted by Crippen LogP contribution is 2.28. The molecule has 0 aromatic carbocycles. The predicted octanol–water partition coefficient (Wildman–Crippen LogP) is 4.82. The molecule has 24 heavy (non-hydrogen) atoms. The second kappa shape index (κ2) is 9.24. The first kappa shape index (κ1) is 24.2. The Kier molecular flexibility index (Phi) is 9.32. The Morgan fingerprint density at radius 3 is 1.67 bits per heavy atom. The molecule has 0 saturated heterocycles. The molecule has 0 radical (unpaired) electrons. The molecule has 0 N–H and O–H groups in total. The summed E-state index contributed by atoms with van der Waals surface area (Å²) in [5.74, 6) is -0.221. The van der Waals surface area contributed by atoms with E-state index in [1.165, 1.54) is 6.92 Å². The van der Waals surface area contributed by atoms with Gasteiger partial charge in [0, 0.05) is 6.92 Å². The Bertz CT molecular complexity index is 404. The Labute approximate surface area is 153 Å². The summed E-state index contributed by atoms with van der Waals surface area (Å²) in [7, 11) is -7.90. The van der Waals surface area contributed by atoms with Crippen LogP contribution in [-0.4, -0.2) is 46.3 Å². The van der Waals surface area contributed by atoms with E-state index >= 15 is 0 Å². The van der Waals surface area contributed by atoms with Crippen molar-refractivity contribution in [2.75, 3.05) is 6.61 Å². The number of hydrogen-bond acceptors (Lipinski definition) is 5. The molecule has 5 nitrogen and oxygen atoms in total. The zero-order valence-corrected chi connectivity index (χ0v) is 21.4. The lowest BCUT2D eigenvalue weighted by molar-refractivity contribution is -0.141. The van der Waals surface area contributed by atoms with Gasteiger partial charge in [-0.25, -0.2) is 0 Å². The van der Waals surface area contributed by atoms with Crippen LogP contribution in [0.5, 0.6) is 0 Å². The average Bonchev–Trinajstić information content (AvgIpc) is 2.19. The van der Waals surface area contributed by atoms with Gasteiger partial charge in [-0.05, 0) is 77.8 Å². The van der Waals surface area contributed by atoms with Gasteiger partial charge in [0.1, 0.15) is 0 Å². The predicted molar refractivity (Wildman–Crippen MR) is 110 cm³/mol. The molecular formula is C15H38O5Si4. The van der Waals surface area contributed by atoms with Crippen LogP contribution in [0.1, 0.15) is 19.8 Å². The number of hydrogen-bond donors (Lipinski definition) is 0. The summed E-state index contributed by atoms with van der Waals surface area (Å²) in [6.45, 7) is 21.5. The molecule has 0 aliphatic carbocycles. The van der Waals surface area contributed by atoms with E-state index in [9.17, 15) is 4.79 Å². The minimum absolute atomic E-state index is 0.221. The molecule has 0 fully saturated rings. The van der Waals surface area contributed by atoms with Crippen LogP contribution in [0, 0.1) is 0 Å². The molecule has 0 spiro atoms. The SMILES string of the molecule is CC(=O)OCCCC[Si](C)(O[Si](C)(C)C)O[Si](C)(C)O[Si](C)(C)C. The summed E-state index contributed by atoms with van der Waals surface area (Å²) >= 11 is 0. The molecule has 1 unspecified atom stereocenters. The van der Waals surface area contributed by atoms with E-state index in [4.69, 9.17) is 17.1 Å². The van der Waals surface area contributed by atoms with Crippen LogP contribution < -0.4 is 0 Å². The van der Waals surface area contributed by atoms with Crippen LogP contribution in [0.15, 0.2) is 0 Å². The first-order valence-corrected chi connectivity index (χ1v) is 20.9. The van der Waals surface area contributed by atoms with E-state index in [1.807, 2.05) is 0 Å². The number of ether oxygens (including phenoxy) is 1. The van der Waals surface area contributed by atoms with Crippen molar-refractivity contribution in [3.05, 3.63) is 0 Å². The van der Waals surface area contributed by atoms with Crippen molar-refractivity contribution in [2.45, 2.75) is 84.7 Å². The third-order valence-electron chi connectivity index (χ3n) is 2.87. The van der Waals surface area contributed by atoms with Crippen molar-refractivity contribution >= 4 is 39.7 Å².